The third-order valence-electron chi connectivity index (χ3n) is 8.96. The van der Waals surface area contributed by atoms with Crippen LogP contribution >= 0.6 is 0 Å². The maximum atomic E-state index is 13.6. The zero-order valence-electron chi connectivity index (χ0n) is 24.2. The van der Waals surface area contributed by atoms with Gasteiger partial charge in [-0.05, 0) is 82.2 Å². The topological polar surface area (TPSA) is 104 Å². The lowest BCUT2D eigenvalue weighted by Crippen LogP contribution is -2.70. The molecule has 2 aromatic heterocycles. The van der Waals surface area contributed by atoms with Crippen LogP contribution in [0.5, 0.6) is 5.75 Å². The van der Waals surface area contributed by atoms with E-state index in [1.807, 2.05) is 17.0 Å². The Hall–Kier alpha value is -3.69. The third-order valence-corrected chi connectivity index (χ3v) is 8.96. The van der Waals surface area contributed by atoms with Gasteiger partial charge in [0.1, 0.15) is 11.4 Å². The number of rotatable bonds is 6. The molecule has 6 rings (SSSR count). The van der Waals surface area contributed by atoms with E-state index in [2.05, 4.69) is 85.0 Å². The Kier molecular flexibility index (Phi) is 6.46. The average molecular weight is 542 g/mol. The van der Waals surface area contributed by atoms with Crippen LogP contribution in [0, 0.1) is 0 Å². The number of carbonyl (C=O) groups excluding carboxylic acids is 1. The Balaban J connectivity index is 1.28. The van der Waals surface area contributed by atoms with E-state index in [-0.39, 0.29) is 29.3 Å². The largest absolute Gasteiger partial charge is 0.508 e. The van der Waals surface area contributed by atoms with Crippen molar-refractivity contribution < 1.29 is 9.90 Å². The Bertz CT molecular complexity index is 1580. The number of aromatic amines is 2. The van der Waals surface area contributed by atoms with Crippen molar-refractivity contribution in [2.45, 2.75) is 64.7 Å². The number of aromatic nitrogens is 4. The molecule has 0 unspecified atom stereocenters. The number of phenols is 1. The first-order valence-corrected chi connectivity index (χ1v) is 14.2. The van der Waals surface area contributed by atoms with Gasteiger partial charge in [0.2, 0.25) is 5.91 Å². The minimum absolute atomic E-state index is 0.0406. The molecule has 4 aromatic rings. The van der Waals surface area contributed by atoms with E-state index in [0.717, 1.165) is 70.0 Å². The quantitative estimate of drug-likeness (QED) is 0.338. The summed E-state index contributed by atoms with van der Waals surface area (Å²) in [6.07, 6.45) is 1.42. The Labute approximate surface area is 235 Å². The summed E-state index contributed by atoms with van der Waals surface area (Å²) in [4.78, 5) is 28.6. The number of aryl methyl sites for hydroxylation is 1. The molecule has 2 aliphatic rings. The SMILES string of the molecule is CCc1cc(O)ccc1-c1ccc2c(-c3nc4c([nH]3)CN(C(C)C)[C@H](C(=O)N3CC(C)(N(C)C)C3)C4)n[nH]c2c1. The van der Waals surface area contributed by atoms with Crippen LogP contribution in [0.1, 0.15) is 44.6 Å². The fraction of sp³-hybridized carbons (Fsp3) is 0.452. The van der Waals surface area contributed by atoms with Gasteiger partial charge in [-0.2, -0.15) is 5.10 Å². The first-order chi connectivity index (χ1) is 19.1. The number of benzene rings is 2. The van der Waals surface area contributed by atoms with Crippen molar-refractivity contribution in [3.05, 3.63) is 53.3 Å². The van der Waals surface area contributed by atoms with Crippen molar-refractivity contribution in [3.8, 4) is 28.4 Å². The lowest BCUT2D eigenvalue weighted by atomic mass is 9.89. The van der Waals surface area contributed by atoms with Crippen LogP contribution in [0.4, 0.5) is 0 Å². The highest BCUT2D eigenvalue weighted by Crippen LogP contribution is 2.35. The van der Waals surface area contributed by atoms with Crippen molar-refractivity contribution in [2.24, 2.45) is 0 Å². The van der Waals surface area contributed by atoms with Gasteiger partial charge < -0.3 is 19.9 Å². The van der Waals surface area contributed by atoms with Gasteiger partial charge in [-0.25, -0.2) is 4.98 Å². The maximum absolute atomic E-state index is 13.6. The van der Waals surface area contributed by atoms with Gasteiger partial charge in [0.25, 0.3) is 0 Å². The molecule has 0 aliphatic carbocycles. The molecular formula is C31H39N7O2. The minimum atomic E-state index is -0.216. The number of likely N-dealkylation sites (tertiary alicyclic amines) is 1. The van der Waals surface area contributed by atoms with E-state index in [1.165, 1.54) is 0 Å². The molecule has 1 fully saturated rings. The summed E-state index contributed by atoms with van der Waals surface area (Å²) in [5.74, 6) is 1.20. The number of nitrogens with one attached hydrogen (secondary N) is 2. The number of H-pyrrole nitrogens is 2. The second-order valence-corrected chi connectivity index (χ2v) is 12.1. The highest BCUT2D eigenvalue weighted by atomic mass is 16.3. The standard InChI is InChI=1S/C31H39N7O2/c1-7-19-12-21(39)9-11-22(19)20-8-10-23-24(13-20)34-35-28(23)29-32-25-14-27(38(18(2)3)15-26(25)33-29)30(40)37-16-31(4,17-37)36(5)6/h8-13,18,27,39H,7,14-17H2,1-6H3,(H,32,33)(H,34,35)/t27-/m0/s1. The Morgan fingerprint density at radius 3 is 2.67 bits per heavy atom. The number of likely N-dealkylation sites (N-methyl/N-ethyl adjacent to an activating group) is 1. The van der Waals surface area contributed by atoms with Gasteiger partial charge in [0, 0.05) is 37.5 Å². The number of fused-ring (bicyclic) bond motifs is 2. The molecule has 9 nitrogen and oxygen atoms in total. The summed E-state index contributed by atoms with van der Waals surface area (Å²) in [7, 11) is 4.16. The van der Waals surface area contributed by atoms with Gasteiger partial charge in [0.15, 0.2) is 5.82 Å². The summed E-state index contributed by atoms with van der Waals surface area (Å²) in [6, 6.07) is 11.8. The summed E-state index contributed by atoms with van der Waals surface area (Å²) in [5.41, 5.74) is 7.02. The molecule has 1 amide bonds. The molecule has 2 aromatic carbocycles. The molecule has 4 heterocycles. The summed E-state index contributed by atoms with van der Waals surface area (Å²) in [6.45, 7) is 10.8. The van der Waals surface area contributed by atoms with Crippen molar-refractivity contribution in [2.75, 3.05) is 27.2 Å². The van der Waals surface area contributed by atoms with E-state index in [9.17, 15) is 9.90 Å². The number of aromatic hydroxyl groups is 1. The zero-order chi connectivity index (χ0) is 28.3. The average Bonchev–Trinajstić information content (AvgIpc) is 3.52. The van der Waals surface area contributed by atoms with Crippen LogP contribution in [0.2, 0.25) is 0 Å². The predicted octanol–water partition coefficient (Wildman–Crippen LogP) is 4.19. The van der Waals surface area contributed by atoms with Gasteiger partial charge in [-0.3, -0.25) is 14.8 Å². The van der Waals surface area contributed by atoms with Crippen molar-refractivity contribution in [1.29, 1.82) is 0 Å². The van der Waals surface area contributed by atoms with Crippen molar-refractivity contribution in [3.63, 3.8) is 0 Å². The second kappa shape index (κ2) is 9.74. The minimum Gasteiger partial charge on any atom is -0.508 e. The molecule has 210 valence electrons. The molecule has 0 saturated carbocycles. The van der Waals surface area contributed by atoms with Crippen LogP contribution in [0.25, 0.3) is 33.5 Å². The lowest BCUT2D eigenvalue weighted by molar-refractivity contribution is -0.150. The van der Waals surface area contributed by atoms with Crippen LogP contribution < -0.4 is 0 Å². The smallest absolute Gasteiger partial charge is 0.240 e. The maximum Gasteiger partial charge on any atom is 0.240 e. The Morgan fingerprint density at radius 1 is 1.20 bits per heavy atom. The molecule has 0 radical (unpaired) electrons. The van der Waals surface area contributed by atoms with Crippen LogP contribution in [0.15, 0.2) is 36.4 Å². The fourth-order valence-electron chi connectivity index (χ4n) is 6.17. The Morgan fingerprint density at radius 2 is 1.98 bits per heavy atom. The van der Waals surface area contributed by atoms with Gasteiger partial charge in [-0.1, -0.05) is 19.1 Å². The van der Waals surface area contributed by atoms with E-state index >= 15 is 0 Å². The highest BCUT2D eigenvalue weighted by molar-refractivity contribution is 5.94. The molecule has 40 heavy (non-hydrogen) atoms. The molecule has 2 aliphatic heterocycles. The molecule has 3 N–H and O–H groups in total. The fourth-order valence-corrected chi connectivity index (χ4v) is 6.17. The van der Waals surface area contributed by atoms with Gasteiger partial charge >= 0.3 is 0 Å². The number of nitrogens with zero attached hydrogens (tertiary/aromatic N) is 5. The molecule has 1 atom stereocenters. The normalized spacial score (nSPS) is 18.9. The summed E-state index contributed by atoms with van der Waals surface area (Å²) in [5, 5.41) is 18.7. The third kappa shape index (κ3) is 4.37. The van der Waals surface area contributed by atoms with Gasteiger partial charge in [0.05, 0.1) is 28.5 Å². The number of carbonyl (C=O) groups is 1. The summed E-state index contributed by atoms with van der Waals surface area (Å²) >= 11 is 0. The number of hydrogen-bond acceptors (Lipinski definition) is 6. The molecule has 0 bridgehead atoms. The van der Waals surface area contributed by atoms with Crippen LogP contribution in [0.3, 0.4) is 0 Å². The number of phenolic OH excluding ortho intramolecular Hbond substituents is 1. The van der Waals surface area contributed by atoms with Crippen molar-refractivity contribution in [1.82, 2.24) is 34.9 Å². The molecule has 9 heteroatoms. The highest BCUT2D eigenvalue weighted by Gasteiger charge is 2.47. The first kappa shape index (κ1) is 26.5. The van der Waals surface area contributed by atoms with E-state index < -0.39 is 0 Å². The van der Waals surface area contributed by atoms with Crippen LogP contribution in [-0.2, 0) is 24.2 Å². The molecule has 1 saturated heterocycles. The number of imidazole rings is 1. The molecular weight excluding hydrogens is 502 g/mol. The number of amides is 1. The second-order valence-electron chi connectivity index (χ2n) is 12.1. The van der Waals surface area contributed by atoms with Crippen LogP contribution in [-0.4, -0.2) is 90.7 Å². The number of hydrogen-bond donors (Lipinski definition) is 3. The first-order valence-electron chi connectivity index (χ1n) is 14.2. The van der Waals surface area contributed by atoms with Gasteiger partial charge in [-0.15, -0.1) is 0 Å². The lowest BCUT2D eigenvalue weighted by Gasteiger charge is -2.53. The van der Waals surface area contributed by atoms with E-state index in [0.29, 0.717) is 13.0 Å². The monoisotopic (exact) mass is 541 g/mol. The van der Waals surface area contributed by atoms with E-state index in [4.69, 9.17) is 4.98 Å². The summed E-state index contributed by atoms with van der Waals surface area (Å²) < 4.78 is 0. The van der Waals surface area contributed by atoms with Crippen molar-refractivity contribution >= 4 is 16.8 Å². The predicted molar refractivity (Wildman–Crippen MR) is 157 cm³/mol. The molecule has 0 spiro atoms. The van der Waals surface area contributed by atoms with E-state index in [1.54, 1.807) is 6.07 Å². The zero-order valence-corrected chi connectivity index (χ0v) is 24.2.